The zero-order valence-corrected chi connectivity index (χ0v) is 15.4. The Morgan fingerprint density at radius 2 is 1.62 bits per heavy atom. The van der Waals surface area contributed by atoms with Gasteiger partial charge in [-0.15, -0.1) is 0 Å². The van der Waals surface area contributed by atoms with Crippen LogP contribution in [0.2, 0.25) is 0 Å². The van der Waals surface area contributed by atoms with E-state index in [1.165, 1.54) is 6.07 Å². The number of benzene rings is 1. The summed E-state index contributed by atoms with van der Waals surface area (Å²) in [5.41, 5.74) is -0.284. The summed E-state index contributed by atoms with van der Waals surface area (Å²) in [6.07, 6.45) is -0.173. The van der Waals surface area contributed by atoms with Crippen LogP contribution in [0.15, 0.2) is 24.3 Å². The number of carbonyl (C=O) groups excluding carboxylic acids is 3. The molecule has 7 nitrogen and oxygen atoms in total. The first-order valence-corrected chi connectivity index (χ1v) is 8.41. The van der Waals surface area contributed by atoms with E-state index >= 15 is 0 Å². The van der Waals surface area contributed by atoms with Crippen LogP contribution in [-0.4, -0.2) is 43.1 Å². The summed E-state index contributed by atoms with van der Waals surface area (Å²) in [7, 11) is 0. The highest BCUT2D eigenvalue weighted by Crippen LogP contribution is 2.07. The summed E-state index contributed by atoms with van der Waals surface area (Å²) in [4.78, 5) is 34.7. The predicted octanol–water partition coefficient (Wildman–Crippen LogP) is 1.52. The first-order chi connectivity index (χ1) is 12.2. The predicted molar refractivity (Wildman–Crippen MR) is 95.0 cm³/mol. The molecule has 3 N–H and O–H groups in total. The molecule has 0 atom stereocenters. The Labute approximate surface area is 152 Å². The maximum absolute atomic E-state index is 13.4. The first kappa shape index (κ1) is 21.4. The smallest absolute Gasteiger partial charge is 0.408 e. The minimum Gasteiger partial charge on any atom is -0.444 e. The fraction of sp³-hybridized carbons (Fsp3) is 0.500. The van der Waals surface area contributed by atoms with Crippen LogP contribution >= 0.6 is 0 Å². The van der Waals surface area contributed by atoms with E-state index in [9.17, 15) is 18.8 Å². The Morgan fingerprint density at radius 1 is 1.00 bits per heavy atom. The molecule has 1 aromatic carbocycles. The molecule has 0 fully saturated rings. The van der Waals surface area contributed by atoms with Crippen molar-refractivity contribution in [1.29, 1.82) is 0 Å². The third-order valence-corrected chi connectivity index (χ3v) is 3.10. The molecule has 1 aromatic rings. The molecular weight excluding hydrogens is 341 g/mol. The second-order valence-electron chi connectivity index (χ2n) is 6.68. The number of hydrogen-bond acceptors (Lipinski definition) is 4. The highest BCUT2D eigenvalue weighted by Gasteiger charge is 2.16. The van der Waals surface area contributed by atoms with Crippen LogP contribution in [0.25, 0.3) is 0 Å². The second-order valence-corrected chi connectivity index (χ2v) is 6.68. The van der Waals surface area contributed by atoms with Crippen LogP contribution in [-0.2, 0) is 20.7 Å². The van der Waals surface area contributed by atoms with E-state index < -0.39 is 17.5 Å². The molecule has 0 aliphatic carbocycles. The van der Waals surface area contributed by atoms with Crippen molar-refractivity contribution < 1.29 is 23.5 Å². The molecule has 0 aromatic heterocycles. The van der Waals surface area contributed by atoms with Crippen molar-refractivity contribution in [2.24, 2.45) is 0 Å². The van der Waals surface area contributed by atoms with Gasteiger partial charge in [0, 0.05) is 13.1 Å². The van der Waals surface area contributed by atoms with Gasteiger partial charge in [-0.05, 0) is 38.8 Å². The van der Waals surface area contributed by atoms with Crippen LogP contribution in [0.4, 0.5) is 9.18 Å². The van der Waals surface area contributed by atoms with Gasteiger partial charge in [0.05, 0.1) is 13.0 Å². The minimum absolute atomic E-state index is 0.0289. The van der Waals surface area contributed by atoms with E-state index in [4.69, 9.17) is 4.74 Å². The zero-order valence-electron chi connectivity index (χ0n) is 15.4. The third-order valence-electron chi connectivity index (χ3n) is 3.10. The van der Waals surface area contributed by atoms with Gasteiger partial charge in [0.25, 0.3) is 0 Å². The summed E-state index contributed by atoms with van der Waals surface area (Å²) in [5, 5.41) is 7.63. The summed E-state index contributed by atoms with van der Waals surface area (Å²) < 4.78 is 18.4. The van der Waals surface area contributed by atoms with E-state index in [2.05, 4.69) is 16.0 Å². The van der Waals surface area contributed by atoms with Gasteiger partial charge in [0.2, 0.25) is 11.8 Å². The average molecular weight is 367 g/mol. The van der Waals surface area contributed by atoms with Gasteiger partial charge < -0.3 is 20.7 Å². The van der Waals surface area contributed by atoms with Crippen LogP contribution in [0, 0.1) is 5.82 Å². The Balaban J connectivity index is 2.11. The summed E-state index contributed by atoms with van der Waals surface area (Å²) in [6, 6.07) is 6.11. The van der Waals surface area contributed by atoms with Gasteiger partial charge in [-0.2, -0.15) is 0 Å². The standard InChI is InChI=1S/C18H26FN3O4/c1-18(2,3)26-17(25)22-12-16(24)21-10-6-9-20-15(23)11-13-7-4-5-8-14(13)19/h4-5,7-8H,6,9-12H2,1-3H3,(H,20,23)(H,21,24)(H,22,25). The largest absolute Gasteiger partial charge is 0.444 e. The molecule has 0 heterocycles. The molecule has 0 radical (unpaired) electrons. The van der Waals surface area contributed by atoms with Crippen molar-refractivity contribution in [3.8, 4) is 0 Å². The molecule has 0 saturated carbocycles. The number of halogens is 1. The summed E-state index contributed by atoms with van der Waals surface area (Å²) >= 11 is 0. The molecule has 8 heteroatoms. The molecule has 0 spiro atoms. The number of nitrogens with one attached hydrogen (secondary N) is 3. The topological polar surface area (TPSA) is 96.5 Å². The van der Waals surface area contributed by atoms with Crippen molar-refractivity contribution in [2.45, 2.75) is 39.2 Å². The molecule has 0 unspecified atom stereocenters. The number of ether oxygens (including phenoxy) is 1. The number of hydrogen-bond donors (Lipinski definition) is 3. The lowest BCUT2D eigenvalue weighted by atomic mass is 10.1. The lowest BCUT2D eigenvalue weighted by Gasteiger charge is -2.19. The molecule has 144 valence electrons. The van der Waals surface area contributed by atoms with Crippen LogP contribution < -0.4 is 16.0 Å². The lowest BCUT2D eigenvalue weighted by Crippen LogP contribution is -2.40. The first-order valence-electron chi connectivity index (χ1n) is 8.41. The van der Waals surface area contributed by atoms with Crippen LogP contribution in [0.5, 0.6) is 0 Å². The van der Waals surface area contributed by atoms with Gasteiger partial charge in [-0.3, -0.25) is 9.59 Å². The van der Waals surface area contributed by atoms with Gasteiger partial charge in [0.1, 0.15) is 11.4 Å². The normalized spacial score (nSPS) is 10.8. The molecular formula is C18H26FN3O4. The van der Waals surface area contributed by atoms with Gasteiger partial charge in [-0.1, -0.05) is 18.2 Å². The van der Waals surface area contributed by atoms with Crippen molar-refractivity contribution in [2.75, 3.05) is 19.6 Å². The number of alkyl carbamates (subject to hydrolysis) is 1. The maximum Gasteiger partial charge on any atom is 0.408 e. The number of amides is 3. The molecule has 0 saturated heterocycles. The maximum atomic E-state index is 13.4. The monoisotopic (exact) mass is 367 g/mol. The van der Waals surface area contributed by atoms with E-state index in [1.807, 2.05) is 0 Å². The van der Waals surface area contributed by atoms with Crippen molar-refractivity contribution in [3.63, 3.8) is 0 Å². The van der Waals surface area contributed by atoms with Crippen LogP contribution in [0.3, 0.4) is 0 Å². The highest BCUT2D eigenvalue weighted by molar-refractivity contribution is 5.82. The molecule has 3 amide bonds. The van der Waals surface area contributed by atoms with Crippen molar-refractivity contribution in [3.05, 3.63) is 35.6 Å². The van der Waals surface area contributed by atoms with Gasteiger partial charge >= 0.3 is 6.09 Å². The number of carbonyl (C=O) groups is 3. The molecule has 0 aliphatic heterocycles. The Bertz CT molecular complexity index is 629. The van der Waals surface area contributed by atoms with Crippen molar-refractivity contribution in [1.82, 2.24) is 16.0 Å². The summed E-state index contributed by atoms with van der Waals surface area (Å²) in [5.74, 6) is -1.05. The van der Waals surface area contributed by atoms with E-state index in [1.54, 1.807) is 39.0 Å². The molecule has 1 rings (SSSR count). The molecule has 0 bridgehead atoms. The Morgan fingerprint density at radius 3 is 2.23 bits per heavy atom. The second kappa shape index (κ2) is 10.4. The molecule has 0 aliphatic rings. The zero-order chi connectivity index (χ0) is 19.6. The fourth-order valence-electron chi connectivity index (χ4n) is 1.95. The van der Waals surface area contributed by atoms with Gasteiger partial charge in [-0.25, -0.2) is 9.18 Å². The number of rotatable bonds is 8. The third kappa shape index (κ3) is 9.61. The average Bonchev–Trinajstić information content (AvgIpc) is 2.53. The fourth-order valence-corrected chi connectivity index (χ4v) is 1.95. The van der Waals surface area contributed by atoms with Gasteiger partial charge in [0.15, 0.2) is 0 Å². The van der Waals surface area contributed by atoms with E-state index in [0.717, 1.165) is 0 Å². The van der Waals surface area contributed by atoms with E-state index in [-0.39, 0.29) is 24.8 Å². The Kier molecular flexibility index (Phi) is 8.54. The Hall–Kier alpha value is -2.64. The quantitative estimate of drug-likeness (QED) is 0.607. The van der Waals surface area contributed by atoms with Crippen molar-refractivity contribution >= 4 is 17.9 Å². The highest BCUT2D eigenvalue weighted by atomic mass is 19.1. The molecule has 26 heavy (non-hydrogen) atoms. The SMILES string of the molecule is CC(C)(C)OC(=O)NCC(=O)NCCCNC(=O)Cc1ccccc1F. The minimum atomic E-state index is -0.659. The summed E-state index contributed by atoms with van der Waals surface area (Å²) in [6.45, 7) is 5.70. The van der Waals surface area contributed by atoms with E-state index in [0.29, 0.717) is 25.1 Å². The van der Waals surface area contributed by atoms with Crippen LogP contribution in [0.1, 0.15) is 32.8 Å². The lowest BCUT2D eigenvalue weighted by molar-refractivity contribution is -0.120.